The summed E-state index contributed by atoms with van der Waals surface area (Å²) >= 11 is 0. The summed E-state index contributed by atoms with van der Waals surface area (Å²) in [6, 6.07) is 9.60. The van der Waals surface area contributed by atoms with E-state index >= 15 is 0 Å². The van der Waals surface area contributed by atoms with Crippen LogP contribution in [0.4, 0.5) is 0 Å². The normalized spacial score (nSPS) is 16.0. The minimum absolute atomic E-state index is 0.214. The average Bonchev–Trinajstić information content (AvgIpc) is 3.47. The molecule has 0 spiro atoms. The maximum Gasteiger partial charge on any atom is 0.338 e. The summed E-state index contributed by atoms with van der Waals surface area (Å²) in [5.74, 6) is 0.211. The van der Waals surface area contributed by atoms with Crippen LogP contribution in [0.25, 0.3) is 11.4 Å². The Bertz CT molecular complexity index is 1320. The Morgan fingerprint density at radius 3 is 2.60 bits per heavy atom. The minimum atomic E-state index is -0.264. The van der Waals surface area contributed by atoms with Gasteiger partial charge in [0, 0.05) is 54.5 Å². The number of ether oxygens (including phenoxy) is 2. The highest BCUT2D eigenvalue weighted by molar-refractivity contribution is 5.94. The average molecular weight is 472 g/mol. The Morgan fingerprint density at radius 2 is 1.74 bits per heavy atom. The Kier molecular flexibility index (Phi) is 6.34. The van der Waals surface area contributed by atoms with Crippen molar-refractivity contribution in [2.75, 3.05) is 13.1 Å². The summed E-state index contributed by atoms with van der Waals surface area (Å²) in [4.78, 5) is 35.3. The second-order valence-electron chi connectivity index (χ2n) is 8.84. The molecule has 6 rings (SSSR count). The van der Waals surface area contributed by atoms with Gasteiger partial charge in [-0.2, -0.15) is 0 Å². The van der Waals surface area contributed by atoms with Gasteiger partial charge in [-0.1, -0.05) is 26.0 Å². The summed E-state index contributed by atoms with van der Waals surface area (Å²) in [6.45, 7) is 9.49. The molecule has 7 nitrogen and oxygen atoms in total. The molecule has 3 aromatic rings. The van der Waals surface area contributed by atoms with Crippen LogP contribution in [-0.2, 0) is 42.1 Å². The van der Waals surface area contributed by atoms with Crippen molar-refractivity contribution in [3.63, 3.8) is 0 Å². The van der Waals surface area contributed by atoms with Crippen molar-refractivity contribution in [1.82, 2.24) is 14.9 Å². The van der Waals surface area contributed by atoms with E-state index in [1.807, 2.05) is 38.2 Å². The molecule has 0 atom stereocenters. The number of nitrogens with zero attached hydrogens (tertiary/aromatic N) is 3. The third-order valence-electron chi connectivity index (χ3n) is 6.93. The molecule has 0 aliphatic carbocycles. The molecular weight excluding hydrogens is 442 g/mol. The molecule has 7 heteroatoms. The van der Waals surface area contributed by atoms with Crippen LogP contribution in [0, 0.1) is 6.92 Å². The Labute approximate surface area is 205 Å². The van der Waals surface area contributed by atoms with E-state index in [0.29, 0.717) is 30.2 Å². The van der Waals surface area contributed by atoms with E-state index in [1.165, 1.54) is 11.1 Å². The van der Waals surface area contributed by atoms with Crippen LogP contribution < -0.4 is 0 Å². The Hall–Kier alpha value is -3.58. The second kappa shape index (κ2) is 9.58. The number of carbonyl (C=O) groups is 2. The van der Waals surface area contributed by atoms with Crippen molar-refractivity contribution in [2.45, 2.75) is 53.4 Å². The monoisotopic (exact) mass is 471 g/mol. The highest BCUT2D eigenvalue weighted by atomic mass is 16.5. The first kappa shape index (κ1) is 23.2. The molecule has 3 aliphatic rings. The number of cyclic esters (lactones) is 2. The van der Waals surface area contributed by atoms with Crippen molar-refractivity contribution in [1.29, 1.82) is 0 Å². The molecule has 1 aromatic heterocycles. The fraction of sp³-hybridized carbons (Fsp3) is 0.357. The molecule has 4 heterocycles. The Morgan fingerprint density at radius 1 is 0.971 bits per heavy atom. The lowest BCUT2D eigenvalue weighted by atomic mass is 9.96. The number of esters is 2. The highest BCUT2D eigenvalue weighted by Gasteiger charge is 2.25. The van der Waals surface area contributed by atoms with Crippen LogP contribution in [0.15, 0.2) is 36.5 Å². The van der Waals surface area contributed by atoms with Gasteiger partial charge < -0.3 is 9.47 Å². The molecule has 0 bridgehead atoms. The standard InChI is InChI=1S/C26H23N3O4.C2H6/c1-15-16(2-5-21-22(15)14-33-26(21)31)6-8-29-9-7-23-19(12-29)11-27-24(28-23)17-3-4-20-18(10-17)13-32-25(20)30;1-2/h2-5,10-11H,6-9,12-14H2,1H3;1-2H3. The first-order valence-electron chi connectivity index (χ1n) is 12.2. The van der Waals surface area contributed by atoms with E-state index < -0.39 is 0 Å². The predicted octanol–water partition coefficient (Wildman–Crippen LogP) is 4.42. The van der Waals surface area contributed by atoms with Crippen LogP contribution in [0.3, 0.4) is 0 Å². The lowest BCUT2D eigenvalue weighted by molar-refractivity contribution is 0.0526. The summed E-state index contributed by atoms with van der Waals surface area (Å²) in [7, 11) is 0. The van der Waals surface area contributed by atoms with Gasteiger partial charge >= 0.3 is 11.9 Å². The van der Waals surface area contributed by atoms with Gasteiger partial charge in [0.2, 0.25) is 0 Å². The quantitative estimate of drug-likeness (QED) is 0.521. The summed E-state index contributed by atoms with van der Waals surface area (Å²) in [6.07, 6.45) is 3.74. The molecule has 2 aromatic carbocycles. The lowest BCUT2D eigenvalue weighted by Gasteiger charge is -2.28. The molecule has 0 amide bonds. The lowest BCUT2D eigenvalue weighted by Crippen LogP contribution is -2.33. The van der Waals surface area contributed by atoms with Crippen LogP contribution in [0.5, 0.6) is 0 Å². The van der Waals surface area contributed by atoms with Gasteiger partial charge in [-0.15, -0.1) is 0 Å². The molecule has 0 saturated heterocycles. The van der Waals surface area contributed by atoms with Crippen LogP contribution in [0.1, 0.15) is 68.1 Å². The number of hydrogen-bond acceptors (Lipinski definition) is 7. The molecule has 0 saturated carbocycles. The van der Waals surface area contributed by atoms with Crippen molar-refractivity contribution >= 4 is 11.9 Å². The SMILES string of the molecule is CC.Cc1c(CCN2CCc3nc(-c4ccc5c(c4)COC5=O)ncc3C2)ccc2c1COC2=O. The number of rotatable bonds is 4. The van der Waals surface area contributed by atoms with Crippen LogP contribution >= 0.6 is 0 Å². The van der Waals surface area contributed by atoms with Gasteiger partial charge in [-0.05, 0) is 42.7 Å². The number of carbonyl (C=O) groups excluding carboxylic acids is 2. The number of fused-ring (bicyclic) bond motifs is 3. The van der Waals surface area contributed by atoms with Crippen LogP contribution in [0.2, 0.25) is 0 Å². The van der Waals surface area contributed by atoms with Gasteiger partial charge in [0.1, 0.15) is 13.2 Å². The van der Waals surface area contributed by atoms with Crippen molar-refractivity contribution in [2.24, 2.45) is 0 Å². The molecule has 35 heavy (non-hydrogen) atoms. The van der Waals surface area contributed by atoms with Gasteiger partial charge in [-0.25, -0.2) is 19.6 Å². The Balaban J connectivity index is 0.00000124. The minimum Gasteiger partial charge on any atom is -0.457 e. The smallest absolute Gasteiger partial charge is 0.338 e. The van der Waals surface area contributed by atoms with Crippen molar-refractivity contribution in [3.05, 3.63) is 81.2 Å². The number of benzene rings is 2. The predicted molar refractivity (Wildman–Crippen MR) is 131 cm³/mol. The number of hydrogen-bond donors (Lipinski definition) is 0. The molecule has 0 radical (unpaired) electrons. The molecular formula is C28H29N3O4. The van der Waals surface area contributed by atoms with Gasteiger partial charge in [0.15, 0.2) is 5.82 Å². The second-order valence-corrected chi connectivity index (χ2v) is 8.84. The summed E-state index contributed by atoms with van der Waals surface area (Å²) in [5, 5.41) is 0. The zero-order valence-electron chi connectivity index (χ0n) is 20.4. The van der Waals surface area contributed by atoms with E-state index in [0.717, 1.165) is 60.4 Å². The van der Waals surface area contributed by atoms with Crippen molar-refractivity contribution in [3.8, 4) is 11.4 Å². The summed E-state index contributed by atoms with van der Waals surface area (Å²) in [5.41, 5.74) is 8.86. The van der Waals surface area contributed by atoms with E-state index in [9.17, 15) is 9.59 Å². The van der Waals surface area contributed by atoms with Gasteiger partial charge in [-0.3, -0.25) is 4.90 Å². The fourth-order valence-corrected chi connectivity index (χ4v) is 4.92. The van der Waals surface area contributed by atoms with E-state index in [1.54, 1.807) is 6.07 Å². The number of aromatic nitrogens is 2. The highest BCUT2D eigenvalue weighted by Crippen LogP contribution is 2.28. The molecule has 0 unspecified atom stereocenters. The van der Waals surface area contributed by atoms with Crippen LogP contribution in [-0.4, -0.2) is 39.9 Å². The first-order valence-corrected chi connectivity index (χ1v) is 12.2. The topological polar surface area (TPSA) is 81.6 Å². The summed E-state index contributed by atoms with van der Waals surface area (Å²) < 4.78 is 10.3. The molecule has 0 N–H and O–H groups in total. The molecule has 180 valence electrons. The zero-order chi connectivity index (χ0) is 24.5. The zero-order valence-corrected chi connectivity index (χ0v) is 20.4. The van der Waals surface area contributed by atoms with E-state index in [-0.39, 0.29) is 11.9 Å². The van der Waals surface area contributed by atoms with Crippen molar-refractivity contribution < 1.29 is 19.1 Å². The molecule has 0 fully saturated rings. The third-order valence-corrected chi connectivity index (χ3v) is 6.93. The maximum atomic E-state index is 11.8. The maximum absolute atomic E-state index is 11.8. The van der Waals surface area contributed by atoms with Gasteiger partial charge in [0.25, 0.3) is 0 Å². The fourth-order valence-electron chi connectivity index (χ4n) is 4.92. The third kappa shape index (κ3) is 4.32. The first-order chi connectivity index (χ1) is 17.1. The largest absolute Gasteiger partial charge is 0.457 e. The van der Waals surface area contributed by atoms with E-state index in [2.05, 4.69) is 22.9 Å². The van der Waals surface area contributed by atoms with E-state index in [4.69, 9.17) is 14.5 Å². The molecule has 3 aliphatic heterocycles. The van der Waals surface area contributed by atoms with Gasteiger partial charge in [0.05, 0.1) is 16.8 Å².